The normalized spacial score (nSPS) is 26.8. The molecule has 1 aromatic carbocycles. The molecule has 0 saturated heterocycles. The standard InChI is InChI=1S/C19H25ClO4/c20-17-12-18(21)16(13-24-14-8-4-3-5-9-14)15(17)10-6-1-2-7-11-19(22)23/h1,3-6,8-9,15-18,21H,2,7,10-13H2,(H,22,23)/b6-1-/t15-,16-,17+,18-/m1/s1. The second-order valence-electron chi connectivity index (χ2n) is 6.26. The zero-order chi connectivity index (χ0) is 17.4. The molecule has 2 rings (SSSR count). The van der Waals surface area contributed by atoms with Gasteiger partial charge in [0.1, 0.15) is 5.75 Å². The number of ether oxygens (including phenoxy) is 1. The molecule has 1 aromatic rings. The second kappa shape index (κ2) is 9.70. The lowest BCUT2D eigenvalue weighted by molar-refractivity contribution is -0.137. The number of aliphatic hydroxyl groups is 1. The van der Waals surface area contributed by atoms with Crippen molar-refractivity contribution in [3.63, 3.8) is 0 Å². The van der Waals surface area contributed by atoms with Crippen molar-refractivity contribution < 1.29 is 19.7 Å². The summed E-state index contributed by atoms with van der Waals surface area (Å²) in [4.78, 5) is 10.5. The van der Waals surface area contributed by atoms with Crippen molar-refractivity contribution in [1.82, 2.24) is 0 Å². The van der Waals surface area contributed by atoms with E-state index < -0.39 is 12.1 Å². The first-order chi connectivity index (χ1) is 11.6. The van der Waals surface area contributed by atoms with Crippen molar-refractivity contribution in [2.45, 2.75) is 43.6 Å². The van der Waals surface area contributed by atoms with E-state index >= 15 is 0 Å². The van der Waals surface area contributed by atoms with Crippen LogP contribution in [0, 0.1) is 11.8 Å². The number of allylic oxidation sites excluding steroid dienone is 2. The first-order valence-corrected chi connectivity index (χ1v) is 8.88. The highest BCUT2D eigenvalue weighted by atomic mass is 35.5. The van der Waals surface area contributed by atoms with Crippen LogP contribution in [0.4, 0.5) is 0 Å². The first kappa shape index (κ1) is 18.8. The third-order valence-corrected chi connectivity index (χ3v) is 5.00. The van der Waals surface area contributed by atoms with Crippen LogP contribution in [0.1, 0.15) is 32.1 Å². The third kappa shape index (κ3) is 5.84. The van der Waals surface area contributed by atoms with Gasteiger partial charge >= 0.3 is 5.97 Å². The average Bonchev–Trinajstić information content (AvgIpc) is 2.83. The van der Waals surface area contributed by atoms with Crippen molar-refractivity contribution in [3.05, 3.63) is 42.5 Å². The summed E-state index contributed by atoms with van der Waals surface area (Å²) in [5.41, 5.74) is 0. The summed E-state index contributed by atoms with van der Waals surface area (Å²) in [6, 6.07) is 9.57. The van der Waals surface area contributed by atoms with Crippen LogP contribution in [0.3, 0.4) is 0 Å². The highest BCUT2D eigenvalue weighted by Gasteiger charge is 2.41. The first-order valence-electron chi connectivity index (χ1n) is 8.44. The predicted molar refractivity (Wildman–Crippen MR) is 94.4 cm³/mol. The number of hydrogen-bond acceptors (Lipinski definition) is 3. The number of aliphatic hydroxyl groups excluding tert-OH is 1. The molecular weight excluding hydrogens is 328 g/mol. The average molecular weight is 353 g/mol. The minimum atomic E-state index is -0.763. The molecule has 0 spiro atoms. The van der Waals surface area contributed by atoms with Gasteiger partial charge < -0.3 is 14.9 Å². The van der Waals surface area contributed by atoms with Crippen LogP contribution in [0.5, 0.6) is 5.75 Å². The maximum absolute atomic E-state index is 10.5. The maximum Gasteiger partial charge on any atom is 0.303 e. The minimum Gasteiger partial charge on any atom is -0.493 e. The van der Waals surface area contributed by atoms with Crippen LogP contribution < -0.4 is 4.74 Å². The molecule has 0 aliphatic heterocycles. The fraction of sp³-hybridized carbons (Fsp3) is 0.526. The van der Waals surface area contributed by atoms with Gasteiger partial charge in [-0.25, -0.2) is 0 Å². The highest BCUT2D eigenvalue weighted by molar-refractivity contribution is 6.21. The molecule has 0 amide bonds. The lowest BCUT2D eigenvalue weighted by Gasteiger charge is -2.22. The summed E-state index contributed by atoms with van der Waals surface area (Å²) in [5.74, 6) is 0.212. The summed E-state index contributed by atoms with van der Waals surface area (Å²) >= 11 is 6.40. The molecule has 0 bridgehead atoms. The number of para-hydroxylation sites is 1. The molecule has 0 unspecified atom stereocenters. The van der Waals surface area contributed by atoms with Gasteiger partial charge in [0.25, 0.3) is 0 Å². The quantitative estimate of drug-likeness (QED) is 0.402. The van der Waals surface area contributed by atoms with Crippen LogP contribution in [-0.4, -0.2) is 34.3 Å². The molecule has 0 heterocycles. The molecule has 4 atom stereocenters. The number of carbonyl (C=O) groups is 1. The van der Waals surface area contributed by atoms with Gasteiger partial charge in [0, 0.05) is 17.7 Å². The molecule has 0 aromatic heterocycles. The zero-order valence-corrected chi connectivity index (χ0v) is 14.4. The van der Waals surface area contributed by atoms with E-state index in [2.05, 4.69) is 6.08 Å². The topological polar surface area (TPSA) is 66.8 Å². The van der Waals surface area contributed by atoms with Gasteiger partial charge in [0.15, 0.2) is 0 Å². The third-order valence-electron chi connectivity index (χ3n) is 4.50. The molecule has 0 radical (unpaired) electrons. The second-order valence-corrected chi connectivity index (χ2v) is 6.82. The summed E-state index contributed by atoms with van der Waals surface area (Å²) < 4.78 is 5.80. The number of alkyl halides is 1. The summed E-state index contributed by atoms with van der Waals surface area (Å²) in [6.07, 6.45) is 6.56. The van der Waals surface area contributed by atoms with E-state index in [4.69, 9.17) is 21.4 Å². The zero-order valence-electron chi connectivity index (χ0n) is 13.7. The Balaban J connectivity index is 1.81. The molecule has 132 valence electrons. The SMILES string of the molecule is O=C(O)CCC/C=C\C[C@@H]1[C@@H](COc2ccccc2)[C@H](O)C[C@@H]1Cl. The Morgan fingerprint density at radius 2 is 2.00 bits per heavy atom. The number of carboxylic acids is 1. The Bertz CT molecular complexity index is 531. The van der Waals surface area contributed by atoms with E-state index in [9.17, 15) is 9.90 Å². The number of hydrogen-bond donors (Lipinski definition) is 2. The highest BCUT2D eigenvalue weighted by Crippen LogP contribution is 2.38. The van der Waals surface area contributed by atoms with Crippen LogP contribution in [0.2, 0.25) is 0 Å². The summed E-state index contributed by atoms with van der Waals surface area (Å²) in [5, 5.41) is 18.8. The fourth-order valence-corrected chi connectivity index (χ4v) is 3.61. The molecule has 2 N–H and O–H groups in total. The van der Waals surface area contributed by atoms with Gasteiger partial charge in [-0.3, -0.25) is 4.79 Å². The molecular formula is C19H25ClO4. The van der Waals surface area contributed by atoms with Gasteiger partial charge in [-0.1, -0.05) is 30.4 Å². The van der Waals surface area contributed by atoms with E-state index in [0.717, 1.165) is 18.6 Å². The molecule has 1 fully saturated rings. The molecule has 1 saturated carbocycles. The Morgan fingerprint density at radius 1 is 1.25 bits per heavy atom. The van der Waals surface area contributed by atoms with Gasteiger partial charge in [0.2, 0.25) is 0 Å². The monoisotopic (exact) mass is 352 g/mol. The number of carboxylic acid groups (broad SMARTS) is 1. The van der Waals surface area contributed by atoms with E-state index in [1.54, 1.807) is 0 Å². The number of rotatable bonds is 9. The van der Waals surface area contributed by atoms with E-state index in [1.165, 1.54) is 0 Å². The van der Waals surface area contributed by atoms with Gasteiger partial charge in [-0.2, -0.15) is 0 Å². The molecule has 1 aliphatic carbocycles. The summed E-state index contributed by atoms with van der Waals surface area (Å²) in [7, 11) is 0. The van der Waals surface area contributed by atoms with Crippen LogP contribution >= 0.6 is 11.6 Å². The van der Waals surface area contributed by atoms with Crippen LogP contribution in [-0.2, 0) is 4.79 Å². The smallest absolute Gasteiger partial charge is 0.303 e. The maximum atomic E-state index is 10.5. The number of aliphatic carboxylic acids is 1. The van der Waals surface area contributed by atoms with E-state index in [1.807, 2.05) is 36.4 Å². The minimum absolute atomic E-state index is 0.0105. The van der Waals surface area contributed by atoms with Gasteiger partial charge in [-0.05, 0) is 43.7 Å². The lowest BCUT2D eigenvalue weighted by Crippen LogP contribution is -2.27. The van der Waals surface area contributed by atoms with Crippen molar-refractivity contribution in [3.8, 4) is 5.75 Å². The van der Waals surface area contributed by atoms with Crippen LogP contribution in [0.15, 0.2) is 42.5 Å². The summed E-state index contributed by atoms with van der Waals surface area (Å²) in [6.45, 7) is 0.450. The number of benzene rings is 1. The van der Waals surface area contributed by atoms with E-state index in [-0.39, 0.29) is 23.6 Å². The molecule has 1 aliphatic rings. The Kier molecular flexibility index (Phi) is 7.60. The largest absolute Gasteiger partial charge is 0.493 e. The van der Waals surface area contributed by atoms with Gasteiger partial charge in [-0.15, -0.1) is 11.6 Å². The van der Waals surface area contributed by atoms with Crippen molar-refractivity contribution in [2.24, 2.45) is 11.8 Å². The predicted octanol–water partition coefficient (Wildman–Crippen LogP) is 3.87. The Labute approximate surface area is 148 Å². The molecule has 5 heteroatoms. The van der Waals surface area contributed by atoms with Crippen molar-refractivity contribution in [1.29, 1.82) is 0 Å². The van der Waals surface area contributed by atoms with Crippen molar-refractivity contribution >= 4 is 17.6 Å². The molecule has 24 heavy (non-hydrogen) atoms. The lowest BCUT2D eigenvalue weighted by atomic mass is 9.92. The van der Waals surface area contributed by atoms with E-state index in [0.29, 0.717) is 19.4 Å². The number of unbranched alkanes of at least 4 members (excludes halogenated alkanes) is 1. The van der Waals surface area contributed by atoms with Crippen molar-refractivity contribution in [2.75, 3.05) is 6.61 Å². The number of halogens is 1. The Morgan fingerprint density at radius 3 is 2.71 bits per heavy atom. The van der Waals surface area contributed by atoms with Gasteiger partial charge in [0.05, 0.1) is 12.7 Å². The van der Waals surface area contributed by atoms with Crippen LogP contribution in [0.25, 0.3) is 0 Å². The fourth-order valence-electron chi connectivity index (χ4n) is 3.14. The Hall–Kier alpha value is -1.52. The molecule has 4 nitrogen and oxygen atoms in total.